The number of nitrogens with one attached hydrogen (secondary N) is 1. The molecule has 2 N–H and O–H groups in total. The molecule has 0 fully saturated rings. The quantitative estimate of drug-likeness (QED) is 0.736. The van der Waals surface area contributed by atoms with E-state index in [1.807, 2.05) is 0 Å². The molecule has 0 aliphatic carbocycles. The van der Waals surface area contributed by atoms with Gasteiger partial charge in [0.15, 0.2) is 0 Å². The second-order valence-corrected chi connectivity index (χ2v) is 3.06. The van der Waals surface area contributed by atoms with Crippen LogP contribution in [-0.4, -0.2) is 15.1 Å². The fraction of sp³-hybridized carbons (Fsp3) is 0.556. The lowest BCUT2D eigenvalue weighted by atomic mass is 10.2. The predicted octanol–water partition coefficient (Wildman–Crippen LogP) is 1.13. The highest BCUT2D eigenvalue weighted by molar-refractivity contribution is 5.20. The molecule has 0 radical (unpaired) electrons. The fourth-order valence-corrected chi connectivity index (χ4v) is 1.03. The zero-order valence-electron chi connectivity index (χ0n) is 7.92. The van der Waals surface area contributed by atoms with E-state index in [1.54, 1.807) is 6.92 Å². The molecule has 0 aliphatic heterocycles. The standard InChI is InChI=1S/C9H14N2O2/c1-3-4-5-7-10-8(12)6(2)9(13)11-7/h3-5H2,1-2H3,(H2,10,11,12,13). The van der Waals surface area contributed by atoms with Crippen LogP contribution in [0.5, 0.6) is 5.88 Å². The normalized spacial score (nSPS) is 10.3. The Labute approximate surface area is 76.7 Å². The van der Waals surface area contributed by atoms with Gasteiger partial charge in [-0.2, -0.15) is 0 Å². The molecule has 72 valence electrons. The molecule has 4 nitrogen and oxygen atoms in total. The van der Waals surface area contributed by atoms with Gasteiger partial charge in [0.1, 0.15) is 5.82 Å². The Balaban J connectivity index is 2.93. The predicted molar refractivity (Wildman–Crippen MR) is 49.9 cm³/mol. The molecule has 0 atom stereocenters. The van der Waals surface area contributed by atoms with E-state index in [0.717, 1.165) is 12.8 Å². The van der Waals surface area contributed by atoms with Gasteiger partial charge in [0, 0.05) is 6.42 Å². The van der Waals surface area contributed by atoms with Crippen molar-refractivity contribution in [1.82, 2.24) is 9.97 Å². The van der Waals surface area contributed by atoms with Gasteiger partial charge in [0.25, 0.3) is 5.56 Å². The van der Waals surface area contributed by atoms with Crippen LogP contribution in [0, 0.1) is 6.92 Å². The van der Waals surface area contributed by atoms with E-state index in [9.17, 15) is 9.90 Å². The Hall–Kier alpha value is -1.32. The van der Waals surface area contributed by atoms with Crippen molar-refractivity contribution in [2.45, 2.75) is 33.1 Å². The number of rotatable bonds is 3. The van der Waals surface area contributed by atoms with Crippen molar-refractivity contribution in [1.29, 1.82) is 0 Å². The van der Waals surface area contributed by atoms with E-state index in [4.69, 9.17) is 0 Å². The number of hydrogen-bond donors (Lipinski definition) is 2. The first-order valence-electron chi connectivity index (χ1n) is 4.44. The maximum absolute atomic E-state index is 11.2. The first kappa shape index (κ1) is 9.77. The third-order valence-corrected chi connectivity index (χ3v) is 1.94. The lowest BCUT2D eigenvalue weighted by Gasteiger charge is -2.01. The maximum Gasteiger partial charge on any atom is 0.257 e. The van der Waals surface area contributed by atoms with Crippen LogP contribution in [0.2, 0.25) is 0 Å². The average molecular weight is 182 g/mol. The molecule has 0 saturated carbocycles. The minimum absolute atomic E-state index is 0.158. The van der Waals surface area contributed by atoms with Crippen molar-refractivity contribution in [2.24, 2.45) is 0 Å². The van der Waals surface area contributed by atoms with Crippen molar-refractivity contribution in [3.8, 4) is 5.88 Å². The third kappa shape index (κ3) is 2.31. The lowest BCUT2D eigenvalue weighted by molar-refractivity contribution is 0.442. The van der Waals surface area contributed by atoms with Crippen LogP contribution in [0.15, 0.2) is 4.79 Å². The van der Waals surface area contributed by atoms with E-state index >= 15 is 0 Å². The van der Waals surface area contributed by atoms with Gasteiger partial charge in [-0.3, -0.25) is 4.79 Å². The minimum atomic E-state index is -0.251. The summed E-state index contributed by atoms with van der Waals surface area (Å²) in [7, 11) is 0. The second-order valence-electron chi connectivity index (χ2n) is 3.06. The Morgan fingerprint density at radius 3 is 2.77 bits per heavy atom. The molecule has 1 rings (SSSR count). The number of nitrogens with zero attached hydrogens (tertiary/aromatic N) is 1. The second kappa shape index (κ2) is 4.07. The van der Waals surface area contributed by atoms with Gasteiger partial charge >= 0.3 is 0 Å². The van der Waals surface area contributed by atoms with Crippen LogP contribution in [-0.2, 0) is 6.42 Å². The van der Waals surface area contributed by atoms with Gasteiger partial charge in [-0.25, -0.2) is 4.98 Å². The largest absolute Gasteiger partial charge is 0.493 e. The molecule has 1 aromatic rings. The average Bonchev–Trinajstić information content (AvgIpc) is 2.10. The highest BCUT2D eigenvalue weighted by atomic mass is 16.3. The van der Waals surface area contributed by atoms with E-state index < -0.39 is 0 Å². The third-order valence-electron chi connectivity index (χ3n) is 1.94. The number of aryl methyl sites for hydroxylation is 1. The molecule has 0 bridgehead atoms. The molecular formula is C9H14N2O2. The summed E-state index contributed by atoms with van der Waals surface area (Å²) in [6.07, 6.45) is 2.71. The summed E-state index contributed by atoms with van der Waals surface area (Å²) in [6, 6.07) is 0. The summed E-state index contributed by atoms with van der Waals surface area (Å²) in [5, 5.41) is 9.25. The van der Waals surface area contributed by atoms with E-state index in [-0.39, 0.29) is 17.0 Å². The van der Waals surface area contributed by atoms with Crippen molar-refractivity contribution >= 4 is 0 Å². The van der Waals surface area contributed by atoms with Gasteiger partial charge in [-0.15, -0.1) is 0 Å². The Morgan fingerprint density at radius 1 is 1.54 bits per heavy atom. The molecule has 0 aliphatic rings. The molecule has 0 saturated heterocycles. The van der Waals surface area contributed by atoms with Crippen LogP contribution in [0.25, 0.3) is 0 Å². The van der Waals surface area contributed by atoms with Crippen LogP contribution in [0.3, 0.4) is 0 Å². The number of hydrogen-bond acceptors (Lipinski definition) is 3. The molecule has 0 spiro atoms. The highest BCUT2D eigenvalue weighted by Gasteiger charge is 2.04. The van der Waals surface area contributed by atoms with Gasteiger partial charge in [0.2, 0.25) is 5.88 Å². The Kier molecular flexibility index (Phi) is 3.06. The summed E-state index contributed by atoms with van der Waals surface area (Å²) in [5.74, 6) is 0.407. The summed E-state index contributed by atoms with van der Waals surface area (Å²) >= 11 is 0. The molecule has 0 unspecified atom stereocenters. The van der Waals surface area contributed by atoms with Crippen LogP contribution in [0.4, 0.5) is 0 Å². The number of aromatic amines is 1. The molecule has 13 heavy (non-hydrogen) atoms. The summed E-state index contributed by atoms with van der Waals surface area (Å²) < 4.78 is 0. The molecule has 0 aromatic carbocycles. The van der Waals surface area contributed by atoms with Gasteiger partial charge < -0.3 is 10.1 Å². The van der Waals surface area contributed by atoms with Crippen LogP contribution in [0.1, 0.15) is 31.2 Å². The minimum Gasteiger partial charge on any atom is -0.493 e. The SMILES string of the molecule is CCCCc1nc(O)c(C)c(=O)[nH]1. The van der Waals surface area contributed by atoms with Crippen molar-refractivity contribution < 1.29 is 5.11 Å². The fourth-order valence-electron chi connectivity index (χ4n) is 1.03. The number of H-pyrrole nitrogens is 1. The van der Waals surface area contributed by atoms with E-state index in [0.29, 0.717) is 12.2 Å². The van der Waals surface area contributed by atoms with Gasteiger partial charge in [0.05, 0.1) is 5.56 Å². The van der Waals surface area contributed by atoms with E-state index in [1.165, 1.54) is 0 Å². The molecule has 1 aromatic heterocycles. The maximum atomic E-state index is 11.2. The number of unbranched alkanes of at least 4 members (excludes halogenated alkanes) is 1. The van der Waals surface area contributed by atoms with Gasteiger partial charge in [-0.05, 0) is 13.3 Å². The van der Waals surface area contributed by atoms with Crippen LogP contribution >= 0.6 is 0 Å². The highest BCUT2D eigenvalue weighted by Crippen LogP contribution is 2.07. The number of aromatic nitrogens is 2. The molecule has 1 heterocycles. The molecular weight excluding hydrogens is 168 g/mol. The summed E-state index contributed by atoms with van der Waals surface area (Å²) in [5.41, 5.74) is 0.0267. The zero-order chi connectivity index (χ0) is 9.84. The summed E-state index contributed by atoms with van der Waals surface area (Å²) in [4.78, 5) is 17.7. The summed E-state index contributed by atoms with van der Waals surface area (Å²) in [6.45, 7) is 3.61. The Bertz CT molecular complexity index is 344. The molecule has 4 heteroatoms. The van der Waals surface area contributed by atoms with Crippen molar-refractivity contribution in [3.63, 3.8) is 0 Å². The molecule has 0 amide bonds. The van der Waals surface area contributed by atoms with Crippen LogP contribution < -0.4 is 5.56 Å². The Morgan fingerprint density at radius 2 is 2.23 bits per heavy atom. The topological polar surface area (TPSA) is 66.0 Å². The smallest absolute Gasteiger partial charge is 0.257 e. The van der Waals surface area contributed by atoms with Crippen molar-refractivity contribution in [3.05, 3.63) is 21.7 Å². The first-order valence-corrected chi connectivity index (χ1v) is 4.44. The zero-order valence-corrected chi connectivity index (χ0v) is 7.92. The number of aromatic hydroxyl groups is 1. The van der Waals surface area contributed by atoms with Gasteiger partial charge in [-0.1, -0.05) is 13.3 Å². The van der Waals surface area contributed by atoms with Crippen molar-refractivity contribution in [2.75, 3.05) is 0 Å². The lowest BCUT2D eigenvalue weighted by Crippen LogP contribution is -2.14. The van der Waals surface area contributed by atoms with E-state index in [2.05, 4.69) is 16.9 Å². The first-order chi connectivity index (χ1) is 6.15. The monoisotopic (exact) mass is 182 g/mol.